The molecule has 176 valence electrons. The fourth-order valence-corrected chi connectivity index (χ4v) is 7.57. The average molecular weight is 466 g/mol. The standard InChI is InChI=1S/C29H27N3O3/c1-29-28(34-3)18(30-2)14-22(35-29)31-19-10-6-4-8-15(19)25-24-17(12-13-21(24)33)23-16-9-5-7-11-20(16)32(29)27(23)26(25)31/h4-11,18,22,28,30H,12-14H2,1-3H3/t18-,22-,28?,29+/m1/s1. The lowest BCUT2D eigenvalue weighted by molar-refractivity contribution is -0.256. The van der Waals surface area contributed by atoms with Gasteiger partial charge in [0.15, 0.2) is 11.5 Å². The van der Waals surface area contributed by atoms with Gasteiger partial charge in [0.05, 0.1) is 22.1 Å². The van der Waals surface area contributed by atoms with Gasteiger partial charge in [0.2, 0.25) is 0 Å². The number of para-hydroxylation sites is 2. The maximum Gasteiger partial charge on any atom is 0.173 e. The van der Waals surface area contributed by atoms with Crippen molar-refractivity contribution in [2.24, 2.45) is 0 Å². The zero-order valence-corrected chi connectivity index (χ0v) is 20.1. The molecule has 1 N–H and O–H groups in total. The molecule has 0 saturated carbocycles. The number of rotatable bonds is 2. The van der Waals surface area contributed by atoms with E-state index in [1.54, 1.807) is 7.11 Å². The zero-order valence-electron chi connectivity index (χ0n) is 20.1. The first-order chi connectivity index (χ1) is 17.1. The SMILES string of the molecule is CN[C@@H]1C[C@H]2O[C@@](C)(C1OC)n1c3ccccc3c3c4c(c5c6ccccc6n2c5c31)C(=O)CC4. The fourth-order valence-electron chi connectivity index (χ4n) is 7.57. The van der Waals surface area contributed by atoms with Crippen LogP contribution in [0.4, 0.5) is 0 Å². The van der Waals surface area contributed by atoms with E-state index in [2.05, 4.69) is 69.9 Å². The maximum atomic E-state index is 13.4. The van der Waals surface area contributed by atoms with Gasteiger partial charge in [-0.15, -0.1) is 0 Å². The summed E-state index contributed by atoms with van der Waals surface area (Å²) in [5, 5.41) is 8.12. The van der Waals surface area contributed by atoms with Crippen LogP contribution in [0.1, 0.15) is 41.9 Å². The van der Waals surface area contributed by atoms with E-state index in [1.165, 1.54) is 16.3 Å². The lowest BCUT2D eigenvalue weighted by Crippen LogP contribution is -2.59. The Balaban J connectivity index is 1.72. The minimum Gasteiger partial charge on any atom is -0.375 e. The predicted octanol–water partition coefficient (Wildman–Crippen LogP) is 5.24. The van der Waals surface area contributed by atoms with Crippen LogP contribution in [0.2, 0.25) is 0 Å². The molecular weight excluding hydrogens is 438 g/mol. The van der Waals surface area contributed by atoms with E-state index in [0.717, 1.165) is 51.2 Å². The molecule has 5 aromatic rings. The van der Waals surface area contributed by atoms with Crippen LogP contribution in [0.5, 0.6) is 0 Å². The van der Waals surface area contributed by atoms with Crippen molar-refractivity contribution in [1.29, 1.82) is 0 Å². The summed E-state index contributed by atoms with van der Waals surface area (Å²) in [6, 6.07) is 17.2. The van der Waals surface area contributed by atoms with Crippen molar-refractivity contribution in [3.05, 3.63) is 59.7 Å². The molecule has 4 atom stereocenters. The summed E-state index contributed by atoms with van der Waals surface area (Å²) < 4.78 is 18.0. The zero-order chi connectivity index (χ0) is 23.6. The Hall–Kier alpha value is -3.19. The highest BCUT2D eigenvalue weighted by Gasteiger charge is 2.53. The van der Waals surface area contributed by atoms with E-state index >= 15 is 0 Å². The number of ether oxygens (including phenoxy) is 2. The van der Waals surface area contributed by atoms with E-state index in [9.17, 15) is 4.79 Å². The molecule has 4 heterocycles. The van der Waals surface area contributed by atoms with Crippen molar-refractivity contribution < 1.29 is 14.3 Å². The number of likely N-dealkylation sites (N-methyl/N-ethyl adjacent to an activating group) is 1. The average Bonchev–Trinajstić information content (AvgIpc) is 3.51. The van der Waals surface area contributed by atoms with Gasteiger partial charge in [-0.2, -0.15) is 0 Å². The third-order valence-electron chi connectivity index (χ3n) is 8.82. The lowest BCUT2D eigenvalue weighted by Gasteiger charge is -2.48. The van der Waals surface area contributed by atoms with Crippen LogP contribution in [0.15, 0.2) is 48.5 Å². The second kappa shape index (κ2) is 6.52. The second-order valence-corrected chi connectivity index (χ2v) is 10.4. The molecule has 1 fully saturated rings. The minimum absolute atomic E-state index is 0.0963. The van der Waals surface area contributed by atoms with Crippen molar-refractivity contribution in [3.63, 3.8) is 0 Å². The third-order valence-corrected chi connectivity index (χ3v) is 8.82. The first-order valence-electron chi connectivity index (χ1n) is 12.5. The molecule has 2 aliphatic heterocycles. The van der Waals surface area contributed by atoms with Crippen molar-refractivity contribution in [1.82, 2.24) is 14.5 Å². The Bertz CT molecular complexity index is 1740. The summed E-state index contributed by atoms with van der Waals surface area (Å²) in [7, 11) is 3.79. The molecule has 35 heavy (non-hydrogen) atoms. The molecular formula is C29H27N3O3. The summed E-state index contributed by atoms with van der Waals surface area (Å²) in [6.45, 7) is 2.17. The van der Waals surface area contributed by atoms with Crippen molar-refractivity contribution >= 4 is 49.4 Å². The minimum atomic E-state index is -0.739. The smallest absolute Gasteiger partial charge is 0.173 e. The molecule has 6 nitrogen and oxygen atoms in total. The van der Waals surface area contributed by atoms with Gasteiger partial charge < -0.3 is 23.9 Å². The van der Waals surface area contributed by atoms with E-state index in [1.807, 2.05) is 7.05 Å². The number of fused-ring (bicyclic) bond motifs is 13. The predicted molar refractivity (Wildman–Crippen MR) is 137 cm³/mol. The first-order valence-corrected chi connectivity index (χ1v) is 12.5. The van der Waals surface area contributed by atoms with E-state index in [-0.39, 0.29) is 24.2 Å². The Morgan fingerprint density at radius 1 is 1.00 bits per heavy atom. The molecule has 8 rings (SSSR count). The number of carbonyl (C=O) groups excluding carboxylic acids is 1. The van der Waals surface area contributed by atoms with Crippen molar-refractivity contribution in [2.75, 3.05) is 14.2 Å². The number of aromatic nitrogens is 2. The Morgan fingerprint density at radius 2 is 1.71 bits per heavy atom. The third kappa shape index (κ3) is 2.16. The van der Waals surface area contributed by atoms with Gasteiger partial charge in [0, 0.05) is 53.1 Å². The number of hydrogen-bond donors (Lipinski definition) is 1. The number of ketones is 1. The van der Waals surface area contributed by atoms with Crippen LogP contribution >= 0.6 is 0 Å². The number of aryl methyl sites for hydroxylation is 1. The maximum absolute atomic E-state index is 13.4. The molecule has 0 amide bonds. The van der Waals surface area contributed by atoms with Gasteiger partial charge in [-0.05, 0) is 38.1 Å². The van der Waals surface area contributed by atoms with Crippen LogP contribution in [-0.4, -0.2) is 41.2 Å². The second-order valence-electron chi connectivity index (χ2n) is 10.4. The van der Waals surface area contributed by atoms with E-state index in [0.29, 0.717) is 6.42 Å². The molecule has 1 unspecified atom stereocenters. The number of carbonyl (C=O) groups is 1. The highest BCUT2D eigenvalue weighted by Crippen LogP contribution is 2.54. The normalized spacial score (nSPS) is 27.5. The monoisotopic (exact) mass is 465 g/mol. The van der Waals surface area contributed by atoms with Crippen LogP contribution in [0, 0.1) is 0 Å². The summed E-state index contributed by atoms with van der Waals surface area (Å²) in [5.41, 5.74) is 5.89. The molecule has 2 bridgehead atoms. The number of Topliss-reactive ketones (excluding diaryl/α,β-unsaturated/α-hetero) is 1. The van der Waals surface area contributed by atoms with Crippen molar-refractivity contribution in [3.8, 4) is 0 Å². The summed E-state index contributed by atoms with van der Waals surface area (Å²) in [6.07, 6.45) is 1.74. The van der Waals surface area contributed by atoms with Gasteiger partial charge in [0.1, 0.15) is 12.3 Å². The Labute approximate surface area is 202 Å². The largest absolute Gasteiger partial charge is 0.375 e. The van der Waals surface area contributed by atoms with Crippen LogP contribution < -0.4 is 5.32 Å². The number of benzene rings is 3. The quantitative estimate of drug-likeness (QED) is 0.387. The number of nitrogens with one attached hydrogen (secondary N) is 1. The first kappa shape index (κ1) is 20.0. The van der Waals surface area contributed by atoms with Gasteiger partial charge in [0.25, 0.3) is 0 Å². The highest BCUT2D eigenvalue weighted by molar-refractivity contribution is 6.31. The molecule has 3 aliphatic rings. The molecule has 6 heteroatoms. The molecule has 0 radical (unpaired) electrons. The highest BCUT2D eigenvalue weighted by atomic mass is 16.6. The molecule has 1 saturated heterocycles. The number of nitrogens with zero attached hydrogens (tertiary/aromatic N) is 2. The Morgan fingerprint density at radius 3 is 2.46 bits per heavy atom. The van der Waals surface area contributed by atoms with E-state index in [4.69, 9.17) is 9.47 Å². The Kier molecular flexibility index (Phi) is 3.73. The summed E-state index contributed by atoms with van der Waals surface area (Å²) in [4.78, 5) is 13.4. The van der Waals surface area contributed by atoms with Gasteiger partial charge in [-0.1, -0.05) is 36.4 Å². The van der Waals surface area contributed by atoms with Crippen LogP contribution in [-0.2, 0) is 21.6 Å². The number of methoxy groups -OCH3 is 1. The molecule has 2 aromatic heterocycles. The molecule has 3 aromatic carbocycles. The fraction of sp³-hybridized carbons (Fsp3) is 0.345. The van der Waals surface area contributed by atoms with Gasteiger partial charge >= 0.3 is 0 Å². The van der Waals surface area contributed by atoms with E-state index < -0.39 is 5.72 Å². The molecule has 0 spiro atoms. The molecule has 1 aliphatic carbocycles. The van der Waals surface area contributed by atoms with Gasteiger partial charge in [-0.25, -0.2) is 0 Å². The van der Waals surface area contributed by atoms with Gasteiger partial charge in [-0.3, -0.25) is 4.79 Å². The van der Waals surface area contributed by atoms with Crippen LogP contribution in [0.25, 0.3) is 43.6 Å². The van der Waals surface area contributed by atoms with Crippen molar-refractivity contribution in [2.45, 2.75) is 50.3 Å². The summed E-state index contributed by atoms with van der Waals surface area (Å²) >= 11 is 0. The summed E-state index contributed by atoms with van der Waals surface area (Å²) in [5.74, 6) is 0.254. The lowest BCUT2D eigenvalue weighted by atomic mass is 9.93. The number of hydrogen-bond acceptors (Lipinski definition) is 4. The van der Waals surface area contributed by atoms with Crippen LogP contribution in [0.3, 0.4) is 0 Å². The topological polar surface area (TPSA) is 57.4 Å².